The lowest BCUT2D eigenvalue weighted by molar-refractivity contribution is -0.113. The largest absolute Gasteiger partial charge is 0.488 e. The first-order chi connectivity index (χ1) is 13.1. The Labute approximate surface area is 160 Å². The molecule has 1 saturated heterocycles. The Morgan fingerprint density at radius 3 is 2.89 bits per heavy atom. The number of fused-ring (bicyclic) bond motifs is 1. The topological polar surface area (TPSA) is 113 Å². The fourth-order valence-electron chi connectivity index (χ4n) is 3.14. The zero-order valence-electron chi connectivity index (χ0n) is 14.4. The number of nitrogens with one attached hydrogen (secondary N) is 1. The molecule has 1 amide bonds. The van der Waals surface area contributed by atoms with Gasteiger partial charge in [0, 0.05) is 11.6 Å². The number of ether oxygens (including phenoxy) is 1. The molecule has 0 bridgehead atoms. The van der Waals surface area contributed by atoms with Crippen LogP contribution in [0.4, 0.5) is 0 Å². The van der Waals surface area contributed by atoms with Crippen LogP contribution in [-0.2, 0) is 4.79 Å². The van der Waals surface area contributed by atoms with Gasteiger partial charge in [0.2, 0.25) is 0 Å². The first-order valence-electron chi connectivity index (χ1n) is 8.62. The quantitative estimate of drug-likeness (QED) is 0.786. The predicted molar refractivity (Wildman–Crippen MR) is 105 cm³/mol. The number of benzene rings is 1. The summed E-state index contributed by atoms with van der Waals surface area (Å²) in [7, 11) is 0. The van der Waals surface area contributed by atoms with E-state index in [0.717, 1.165) is 54.2 Å². The van der Waals surface area contributed by atoms with Crippen LogP contribution in [0.1, 0.15) is 24.0 Å². The van der Waals surface area contributed by atoms with Gasteiger partial charge in [0.1, 0.15) is 23.5 Å². The molecule has 1 aromatic heterocycles. The van der Waals surface area contributed by atoms with Crippen LogP contribution in [0.5, 0.6) is 5.75 Å². The number of nitrogens with two attached hydrogens (primary N) is 1. The van der Waals surface area contributed by atoms with Crippen LogP contribution >= 0.6 is 11.8 Å². The van der Waals surface area contributed by atoms with Crippen LogP contribution in [0.3, 0.4) is 0 Å². The van der Waals surface area contributed by atoms with Crippen molar-refractivity contribution in [3.63, 3.8) is 0 Å². The van der Waals surface area contributed by atoms with Gasteiger partial charge in [-0.05, 0) is 61.5 Å². The number of aliphatic imine (C=N–C) groups is 1. The summed E-state index contributed by atoms with van der Waals surface area (Å²) < 4.78 is 6.22. The third-order valence-electron chi connectivity index (χ3n) is 4.47. The number of amides is 1. The molecule has 3 N–H and O–H groups in total. The van der Waals surface area contributed by atoms with Crippen molar-refractivity contribution in [2.45, 2.75) is 18.9 Å². The molecule has 136 valence electrons. The maximum Gasteiger partial charge on any atom is 0.286 e. The highest BCUT2D eigenvalue weighted by Crippen LogP contribution is 2.33. The van der Waals surface area contributed by atoms with Crippen molar-refractivity contribution in [2.24, 2.45) is 10.7 Å². The van der Waals surface area contributed by atoms with E-state index < -0.39 is 0 Å². The Bertz CT molecular complexity index is 1020. The van der Waals surface area contributed by atoms with E-state index in [1.165, 1.54) is 0 Å². The Balaban J connectivity index is 1.75. The second-order valence-electron chi connectivity index (χ2n) is 6.32. The summed E-state index contributed by atoms with van der Waals surface area (Å²) in [5, 5.41) is 13.8. The normalized spacial score (nSPS) is 19.3. The lowest BCUT2D eigenvalue weighted by Gasteiger charge is -2.25. The van der Waals surface area contributed by atoms with Crippen LogP contribution in [0.15, 0.2) is 34.3 Å². The summed E-state index contributed by atoms with van der Waals surface area (Å²) in [5.41, 5.74) is 7.55. The molecule has 8 heteroatoms. The maximum absolute atomic E-state index is 11.8. The molecule has 0 aliphatic carbocycles. The molecule has 0 radical (unpaired) electrons. The first-order valence-corrected chi connectivity index (χ1v) is 9.44. The molecule has 2 aliphatic rings. The zero-order valence-corrected chi connectivity index (χ0v) is 15.3. The number of rotatable bonds is 3. The lowest BCUT2D eigenvalue weighted by Crippen LogP contribution is -2.34. The van der Waals surface area contributed by atoms with Crippen LogP contribution in [-0.4, -0.2) is 35.3 Å². The van der Waals surface area contributed by atoms with E-state index in [1.54, 1.807) is 12.3 Å². The molecule has 1 aromatic carbocycles. The Morgan fingerprint density at radius 1 is 1.37 bits per heavy atom. The fourth-order valence-corrected chi connectivity index (χ4v) is 3.82. The summed E-state index contributed by atoms with van der Waals surface area (Å²) >= 11 is 1.15. The number of thioether (sulfide) groups is 1. The molecule has 0 atom stereocenters. The second kappa shape index (κ2) is 7.39. The smallest absolute Gasteiger partial charge is 0.286 e. The summed E-state index contributed by atoms with van der Waals surface area (Å²) in [6.07, 6.45) is 5.12. The van der Waals surface area contributed by atoms with Gasteiger partial charge < -0.3 is 15.8 Å². The number of pyridine rings is 1. The molecular weight excluding hydrogens is 362 g/mol. The van der Waals surface area contributed by atoms with Crippen LogP contribution < -0.4 is 15.8 Å². The number of carbonyl (C=O) groups is 1. The zero-order chi connectivity index (χ0) is 18.8. The number of amidine groups is 1. The number of hydrogen-bond donors (Lipinski definition) is 2. The second-order valence-corrected chi connectivity index (χ2v) is 7.38. The highest BCUT2D eigenvalue weighted by molar-refractivity contribution is 8.18. The number of carbonyl (C=O) groups excluding carboxylic acids is 1. The average molecular weight is 379 g/mol. The number of piperidine rings is 1. The van der Waals surface area contributed by atoms with Gasteiger partial charge in [-0.15, -0.1) is 0 Å². The molecule has 4 rings (SSSR count). The summed E-state index contributed by atoms with van der Waals surface area (Å²) in [6, 6.07) is 7.77. The summed E-state index contributed by atoms with van der Waals surface area (Å²) in [4.78, 5) is 20.4. The maximum atomic E-state index is 11.8. The van der Waals surface area contributed by atoms with Crippen LogP contribution in [0, 0.1) is 11.3 Å². The number of nitrogens with zero attached hydrogens (tertiary/aromatic N) is 3. The third-order valence-corrected chi connectivity index (χ3v) is 5.28. The third kappa shape index (κ3) is 3.65. The van der Waals surface area contributed by atoms with Crippen molar-refractivity contribution in [1.82, 2.24) is 10.3 Å². The molecule has 0 spiro atoms. The molecule has 1 fully saturated rings. The van der Waals surface area contributed by atoms with Crippen LogP contribution in [0.25, 0.3) is 17.0 Å². The summed E-state index contributed by atoms with van der Waals surface area (Å²) in [5.74, 6) is 0.212. The van der Waals surface area contributed by atoms with Gasteiger partial charge in [-0.1, -0.05) is 6.07 Å². The number of nitriles is 1. The van der Waals surface area contributed by atoms with Gasteiger partial charge in [-0.3, -0.25) is 9.78 Å². The highest BCUT2D eigenvalue weighted by Gasteiger charge is 2.21. The molecule has 7 nitrogen and oxygen atoms in total. The van der Waals surface area contributed by atoms with E-state index in [0.29, 0.717) is 16.2 Å². The monoisotopic (exact) mass is 379 g/mol. The minimum absolute atomic E-state index is 0.0612. The molecule has 0 unspecified atom stereocenters. The summed E-state index contributed by atoms with van der Waals surface area (Å²) in [6.45, 7) is 1.79. The standard InChI is InChI=1S/C19H17N5O2S/c20-9-12-10-23-15-2-1-11(8-16-18(25)24-19(21)27-16)7-14(15)17(12)26-13-3-5-22-6-4-13/h1-2,7-8,10,13,22H,3-6H2,(H2,21,24,25). The highest BCUT2D eigenvalue weighted by atomic mass is 32.2. The Morgan fingerprint density at radius 2 is 2.19 bits per heavy atom. The Kier molecular flexibility index (Phi) is 4.79. The van der Waals surface area contributed by atoms with Gasteiger partial charge in [0.25, 0.3) is 5.91 Å². The molecule has 27 heavy (non-hydrogen) atoms. The lowest BCUT2D eigenvalue weighted by atomic mass is 10.1. The van der Waals surface area contributed by atoms with Gasteiger partial charge in [0.05, 0.1) is 10.4 Å². The van der Waals surface area contributed by atoms with Gasteiger partial charge in [-0.2, -0.15) is 10.3 Å². The van der Waals surface area contributed by atoms with E-state index in [4.69, 9.17) is 10.5 Å². The molecular formula is C19H17N5O2S. The average Bonchev–Trinajstić information content (AvgIpc) is 3.00. The Hall–Kier alpha value is -2.89. The fraction of sp³-hybridized carbons (Fsp3) is 0.263. The van der Waals surface area contributed by atoms with E-state index in [-0.39, 0.29) is 17.2 Å². The molecule has 3 heterocycles. The van der Waals surface area contributed by atoms with Gasteiger partial charge in [0.15, 0.2) is 5.17 Å². The predicted octanol–water partition coefficient (Wildman–Crippen LogP) is 2.17. The van der Waals surface area contributed by atoms with Crippen molar-refractivity contribution in [2.75, 3.05) is 13.1 Å². The first kappa shape index (κ1) is 17.5. The van der Waals surface area contributed by atoms with Gasteiger partial charge in [-0.25, -0.2) is 0 Å². The van der Waals surface area contributed by atoms with E-state index in [1.807, 2.05) is 18.2 Å². The van der Waals surface area contributed by atoms with Gasteiger partial charge >= 0.3 is 0 Å². The minimum atomic E-state index is -0.340. The van der Waals surface area contributed by atoms with E-state index in [9.17, 15) is 10.1 Å². The van der Waals surface area contributed by atoms with Crippen molar-refractivity contribution >= 4 is 39.8 Å². The number of hydrogen-bond acceptors (Lipinski definition) is 7. The van der Waals surface area contributed by atoms with Crippen molar-refractivity contribution in [3.8, 4) is 11.8 Å². The van der Waals surface area contributed by atoms with Crippen LogP contribution in [0.2, 0.25) is 0 Å². The molecule has 0 saturated carbocycles. The van der Waals surface area contributed by atoms with Crippen molar-refractivity contribution in [3.05, 3.63) is 40.4 Å². The number of aromatic nitrogens is 1. The van der Waals surface area contributed by atoms with E-state index in [2.05, 4.69) is 21.4 Å². The SMILES string of the molecule is N#Cc1cnc2ccc(C=C3SC(N)=NC3=O)cc2c1OC1CCNCC1. The minimum Gasteiger partial charge on any atom is -0.488 e. The molecule has 2 aromatic rings. The van der Waals surface area contributed by atoms with Crippen molar-refractivity contribution in [1.29, 1.82) is 5.26 Å². The molecule has 2 aliphatic heterocycles. The van der Waals surface area contributed by atoms with Crippen molar-refractivity contribution < 1.29 is 9.53 Å². The van der Waals surface area contributed by atoms with E-state index >= 15 is 0 Å².